The van der Waals surface area contributed by atoms with Crippen LogP contribution in [-0.4, -0.2) is 26.6 Å². The van der Waals surface area contributed by atoms with Gasteiger partial charge in [0.15, 0.2) is 5.82 Å². The molecule has 0 amide bonds. The van der Waals surface area contributed by atoms with E-state index in [1.54, 1.807) is 12.1 Å². The van der Waals surface area contributed by atoms with Crippen molar-refractivity contribution in [3.8, 4) is 11.4 Å². The molecule has 1 atom stereocenters. The molecule has 1 aliphatic rings. The van der Waals surface area contributed by atoms with Crippen LogP contribution in [0.3, 0.4) is 0 Å². The number of rotatable bonds is 3. The van der Waals surface area contributed by atoms with Gasteiger partial charge >= 0.3 is 0 Å². The maximum absolute atomic E-state index is 10.8. The first kappa shape index (κ1) is 12.7. The summed E-state index contributed by atoms with van der Waals surface area (Å²) in [5.74, 6) is 1.29. The molecule has 20 heavy (non-hydrogen) atoms. The molecule has 7 nitrogen and oxygen atoms in total. The van der Waals surface area contributed by atoms with Crippen molar-refractivity contribution in [2.75, 3.05) is 6.54 Å². The number of hydrogen-bond donors (Lipinski definition) is 2. The fourth-order valence-corrected chi connectivity index (χ4v) is 2.40. The third-order valence-electron chi connectivity index (χ3n) is 3.46. The summed E-state index contributed by atoms with van der Waals surface area (Å²) in [5, 5.41) is 21.3. The second kappa shape index (κ2) is 5.38. The van der Waals surface area contributed by atoms with E-state index in [1.165, 1.54) is 25.0 Å². The molecule has 0 spiro atoms. The second-order valence-corrected chi connectivity index (χ2v) is 4.85. The SMILES string of the molecule is O=[N+]([O-])c1cccc(-c2n[nH]c(C3CCCCN3)n2)c1. The number of aromatic nitrogens is 3. The highest BCUT2D eigenvalue weighted by Gasteiger charge is 2.19. The second-order valence-electron chi connectivity index (χ2n) is 4.85. The van der Waals surface area contributed by atoms with Crippen LogP contribution in [0, 0.1) is 10.1 Å². The summed E-state index contributed by atoms with van der Waals surface area (Å²) in [6, 6.07) is 6.56. The Kier molecular flexibility index (Phi) is 3.42. The Balaban J connectivity index is 1.85. The van der Waals surface area contributed by atoms with Crippen LogP contribution in [-0.2, 0) is 0 Å². The average Bonchev–Trinajstić information content (AvgIpc) is 2.98. The molecule has 3 rings (SSSR count). The van der Waals surface area contributed by atoms with E-state index < -0.39 is 4.92 Å². The lowest BCUT2D eigenvalue weighted by atomic mass is 10.0. The topological polar surface area (TPSA) is 96.7 Å². The molecule has 1 unspecified atom stereocenters. The molecule has 1 aromatic heterocycles. The minimum Gasteiger partial charge on any atom is -0.307 e. The third-order valence-corrected chi connectivity index (χ3v) is 3.46. The maximum Gasteiger partial charge on any atom is 0.270 e. The smallest absolute Gasteiger partial charge is 0.270 e. The van der Waals surface area contributed by atoms with E-state index in [9.17, 15) is 10.1 Å². The van der Waals surface area contributed by atoms with Crippen LogP contribution in [0.4, 0.5) is 5.69 Å². The normalized spacial score (nSPS) is 18.9. The number of nitro benzene ring substituents is 1. The van der Waals surface area contributed by atoms with Gasteiger partial charge in [0.1, 0.15) is 5.82 Å². The molecule has 0 saturated carbocycles. The Labute approximate surface area is 115 Å². The summed E-state index contributed by atoms with van der Waals surface area (Å²) < 4.78 is 0. The number of nitrogens with zero attached hydrogens (tertiary/aromatic N) is 3. The van der Waals surface area contributed by atoms with Gasteiger partial charge in [-0.15, -0.1) is 0 Å². The Morgan fingerprint density at radius 1 is 1.35 bits per heavy atom. The highest BCUT2D eigenvalue weighted by Crippen LogP contribution is 2.24. The van der Waals surface area contributed by atoms with Crippen molar-refractivity contribution in [1.29, 1.82) is 0 Å². The van der Waals surface area contributed by atoms with Crippen LogP contribution in [0.1, 0.15) is 31.1 Å². The van der Waals surface area contributed by atoms with E-state index in [0.717, 1.165) is 18.8 Å². The Hall–Kier alpha value is -2.28. The highest BCUT2D eigenvalue weighted by atomic mass is 16.6. The number of aromatic amines is 1. The molecule has 1 aromatic carbocycles. The van der Waals surface area contributed by atoms with E-state index >= 15 is 0 Å². The minimum absolute atomic E-state index is 0.0460. The molecule has 104 valence electrons. The largest absolute Gasteiger partial charge is 0.307 e. The van der Waals surface area contributed by atoms with E-state index in [1.807, 2.05) is 0 Å². The average molecular weight is 273 g/mol. The van der Waals surface area contributed by atoms with Gasteiger partial charge in [-0.25, -0.2) is 4.98 Å². The van der Waals surface area contributed by atoms with Gasteiger partial charge in [-0.2, -0.15) is 5.10 Å². The zero-order chi connectivity index (χ0) is 13.9. The molecule has 0 bridgehead atoms. The molecule has 2 aromatic rings. The summed E-state index contributed by atoms with van der Waals surface area (Å²) in [5.41, 5.74) is 0.696. The van der Waals surface area contributed by atoms with E-state index in [-0.39, 0.29) is 11.7 Å². The summed E-state index contributed by atoms with van der Waals surface area (Å²) in [6.45, 7) is 0.984. The molecule has 0 aliphatic carbocycles. The van der Waals surface area contributed by atoms with Crippen LogP contribution in [0.15, 0.2) is 24.3 Å². The van der Waals surface area contributed by atoms with Gasteiger partial charge in [0.25, 0.3) is 5.69 Å². The van der Waals surface area contributed by atoms with Gasteiger partial charge in [0.05, 0.1) is 11.0 Å². The summed E-state index contributed by atoms with van der Waals surface area (Å²) in [6.07, 6.45) is 3.39. The summed E-state index contributed by atoms with van der Waals surface area (Å²) >= 11 is 0. The van der Waals surface area contributed by atoms with Gasteiger partial charge in [0.2, 0.25) is 0 Å². The monoisotopic (exact) mass is 273 g/mol. The van der Waals surface area contributed by atoms with E-state index in [4.69, 9.17) is 0 Å². The van der Waals surface area contributed by atoms with Gasteiger partial charge in [-0.05, 0) is 19.4 Å². The van der Waals surface area contributed by atoms with Gasteiger partial charge in [-0.3, -0.25) is 15.2 Å². The highest BCUT2D eigenvalue weighted by molar-refractivity contribution is 5.58. The molecule has 1 saturated heterocycles. The lowest BCUT2D eigenvalue weighted by Gasteiger charge is -2.20. The summed E-state index contributed by atoms with van der Waals surface area (Å²) in [7, 11) is 0. The van der Waals surface area contributed by atoms with Crippen LogP contribution < -0.4 is 5.32 Å². The standard InChI is InChI=1S/C13H15N5O2/c19-18(20)10-5-3-4-9(8-10)12-15-13(17-16-12)11-6-1-2-7-14-11/h3-5,8,11,14H,1-2,6-7H2,(H,15,16,17). The van der Waals surface area contributed by atoms with Crippen molar-refractivity contribution in [1.82, 2.24) is 20.5 Å². The maximum atomic E-state index is 10.8. The number of non-ortho nitro benzene ring substituents is 1. The Morgan fingerprint density at radius 3 is 3.00 bits per heavy atom. The molecule has 7 heteroatoms. The molecule has 1 fully saturated rings. The van der Waals surface area contributed by atoms with E-state index in [0.29, 0.717) is 11.4 Å². The molecule has 2 heterocycles. The van der Waals surface area contributed by atoms with Crippen LogP contribution in [0.2, 0.25) is 0 Å². The number of piperidine rings is 1. The third kappa shape index (κ3) is 2.53. The van der Waals surface area contributed by atoms with E-state index in [2.05, 4.69) is 20.5 Å². The molecule has 1 aliphatic heterocycles. The first-order chi connectivity index (χ1) is 9.74. The summed E-state index contributed by atoms with van der Waals surface area (Å²) in [4.78, 5) is 14.8. The fourth-order valence-electron chi connectivity index (χ4n) is 2.40. The quantitative estimate of drug-likeness (QED) is 0.660. The van der Waals surface area contributed by atoms with Crippen molar-refractivity contribution in [2.45, 2.75) is 25.3 Å². The predicted molar refractivity (Wildman–Crippen MR) is 73.1 cm³/mol. The number of H-pyrrole nitrogens is 1. The number of nitrogens with one attached hydrogen (secondary N) is 2. The number of benzene rings is 1. The molecular formula is C13H15N5O2. The number of hydrogen-bond acceptors (Lipinski definition) is 5. The zero-order valence-corrected chi connectivity index (χ0v) is 10.9. The minimum atomic E-state index is -0.417. The first-order valence-corrected chi connectivity index (χ1v) is 6.64. The molecule has 2 N–H and O–H groups in total. The van der Waals surface area contributed by atoms with Crippen molar-refractivity contribution in [3.63, 3.8) is 0 Å². The van der Waals surface area contributed by atoms with Crippen molar-refractivity contribution in [2.24, 2.45) is 0 Å². The molecular weight excluding hydrogens is 258 g/mol. The van der Waals surface area contributed by atoms with Crippen LogP contribution in [0.25, 0.3) is 11.4 Å². The van der Waals surface area contributed by atoms with Gasteiger partial charge in [0, 0.05) is 17.7 Å². The van der Waals surface area contributed by atoms with Gasteiger partial charge in [-0.1, -0.05) is 18.6 Å². The van der Waals surface area contributed by atoms with Crippen molar-refractivity contribution < 1.29 is 4.92 Å². The van der Waals surface area contributed by atoms with Crippen LogP contribution in [0.5, 0.6) is 0 Å². The number of nitro groups is 1. The van der Waals surface area contributed by atoms with Crippen molar-refractivity contribution >= 4 is 5.69 Å². The Morgan fingerprint density at radius 2 is 2.25 bits per heavy atom. The zero-order valence-electron chi connectivity index (χ0n) is 10.9. The molecule has 0 radical (unpaired) electrons. The van der Waals surface area contributed by atoms with Crippen LogP contribution >= 0.6 is 0 Å². The first-order valence-electron chi connectivity index (χ1n) is 6.64. The van der Waals surface area contributed by atoms with Gasteiger partial charge < -0.3 is 5.32 Å². The lowest BCUT2D eigenvalue weighted by Crippen LogP contribution is -2.27. The predicted octanol–water partition coefficient (Wildman–Crippen LogP) is 2.19. The van der Waals surface area contributed by atoms with Crippen molar-refractivity contribution in [3.05, 3.63) is 40.2 Å². The Bertz CT molecular complexity index is 619. The lowest BCUT2D eigenvalue weighted by molar-refractivity contribution is -0.384. The fraction of sp³-hybridized carbons (Fsp3) is 0.385.